The third-order valence-electron chi connectivity index (χ3n) is 3.52. The summed E-state index contributed by atoms with van der Waals surface area (Å²) in [5, 5.41) is 6.62. The Morgan fingerprint density at radius 2 is 2.11 bits per heavy atom. The van der Waals surface area contributed by atoms with Crippen molar-refractivity contribution in [2.75, 3.05) is 32.1 Å². The number of methoxy groups -OCH3 is 1. The van der Waals surface area contributed by atoms with E-state index < -0.39 is 6.43 Å². The summed E-state index contributed by atoms with van der Waals surface area (Å²) in [6.07, 6.45) is -0.179. The Balaban J connectivity index is 1.98. The van der Waals surface area contributed by atoms with Crippen molar-refractivity contribution in [1.82, 2.24) is 5.32 Å². The second-order valence-electron chi connectivity index (χ2n) is 4.83. The third-order valence-corrected chi connectivity index (χ3v) is 3.52. The second-order valence-corrected chi connectivity index (χ2v) is 4.83. The predicted octanol–water partition coefficient (Wildman–Crippen LogP) is 3.04. The molecule has 0 spiro atoms. The van der Waals surface area contributed by atoms with Gasteiger partial charge in [-0.2, -0.15) is 0 Å². The van der Waals surface area contributed by atoms with Gasteiger partial charge in [0.15, 0.2) is 0 Å². The van der Waals surface area contributed by atoms with Crippen LogP contribution in [0.15, 0.2) is 18.2 Å². The normalized spacial score (nSPS) is 16.6. The highest BCUT2D eigenvalue weighted by molar-refractivity contribution is 5.58. The molecule has 0 radical (unpaired) electrons. The van der Waals surface area contributed by atoms with E-state index in [0.717, 1.165) is 38.2 Å². The highest BCUT2D eigenvalue weighted by Gasteiger charge is 2.15. The molecule has 106 valence electrons. The van der Waals surface area contributed by atoms with Gasteiger partial charge >= 0.3 is 0 Å². The van der Waals surface area contributed by atoms with E-state index in [2.05, 4.69) is 10.6 Å². The number of rotatable bonds is 5. The van der Waals surface area contributed by atoms with Crippen molar-refractivity contribution >= 4 is 5.69 Å². The monoisotopic (exact) mass is 270 g/mol. The van der Waals surface area contributed by atoms with Crippen molar-refractivity contribution in [3.63, 3.8) is 0 Å². The Hall–Kier alpha value is -1.36. The first-order chi connectivity index (χ1) is 9.20. The average Bonchev–Trinajstić information content (AvgIpc) is 2.45. The summed E-state index contributed by atoms with van der Waals surface area (Å²) in [5.74, 6) is 1.10. The van der Waals surface area contributed by atoms with Crippen molar-refractivity contribution in [3.8, 4) is 5.75 Å². The molecule has 5 heteroatoms. The van der Waals surface area contributed by atoms with Gasteiger partial charge in [0.05, 0.1) is 12.8 Å². The molecule has 1 heterocycles. The van der Waals surface area contributed by atoms with E-state index >= 15 is 0 Å². The topological polar surface area (TPSA) is 33.3 Å². The van der Waals surface area contributed by atoms with E-state index in [9.17, 15) is 8.78 Å². The molecule has 0 aliphatic carbocycles. The fourth-order valence-electron chi connectivity index (χ4n) is 2.33. The van der Waals surface area contributed by atoms with Crippen LogP contribution in [0.2, 0.25) is 0 Å². The molecular weight excluding hydrogens is 250 g/mol. The van der Waals surface area contributed by atoms with Gasteiger partial charge in [0.1, 0.15) is 5.75 Å². The Bertz CT molecular complexity index is 406. The van der Waals surface area contributed by atoms with E-state index in [-0.39, 0.29) is 5.56 Å². The highest BCUT2D eigenvalue weighted by atomic mass is 19.3. The van der Waals surface area contributed by atoms with Crippen molar-refractivity contribution in [1.29, 1.82) is 0 Å². The number of ether oxygens (including phenoxy) is 1. The molecule has 0 atom stereocenters. The van der Waals surface area contributed by atoms with Crippen LogP contribution in [0, 0.1) is 5.92 Å². The summed E-state index contributed by atoms with van der Waals surface area (Å²) < 4.78 is 30.4. The summed E-state index contributed by atoms with van der Waals surface area (Å²) in [5.41, 5.74) is 0.773. The molecule has 0 unspecified atom stereocenters. The number of alkyl halides is 2. The quantitative estimate of drug-likeness (QED) is 0.862. The molecule has 1 saturated heterocycles. The number of hydrogen-bond acceptors (Lipinski definition) is 3. The molecule has 2 rings (SSSR count). The van der Waals surface area contributed by atoms with Gasteiger partial charge in [-0.15, -0.1) is 0 Å². The lowest BCUT2D eigenvalue weighted by atomic mass is 9.98. The number of piperidine rings is 1. The Morgan fingerprint density at radius 1 is 1.37 bits per heavy atom. The van der Waals surface area contributed by atoms with Crippen LogP contribution in [0.4, 0.5) is 14.5 Å². The smallest absolute Gasteiger partial charge is 0.263 e. The van der Waals surface area contributed by atoms with Crippen LogP contribution < -0.4 is 15.4 Å². The zero-order chi connectivity index (χ0) is 13.7. The number of benzene rings is 1. The molecule has 3 nitrogen and oxygen atoms in total. The lowest BCUT2D eigenvalue weighted by Gasteiger charge is -2.23. The number of anilines is 1. The molecule has 0 saturated carbocycles. The molecular formula is C14H20F2N2O. The van der Waals surface area contributed by atoms with E-state index in [1.54, 1.807) is 6.07 Å². The van der Waals surface area contributed by atoms with E-state index in [4.69, 9.17) is 4.74 Å². The van der Waals surface area contributed by atoms with Crippen LogP contribution in [0.5, 0.6) is 5.75 Å². The molecule has 0 bridgehead atoms. The Labute approximate surface area is 112 Å². The van der Waals surface area contributed by atoms with Gasteiger partial charge in [-0.05, 0) is 44.0 Å². The lowest BCUT2D eigenvalue weighted by Crippen LogP contribution is -2.31. The maximum absolute atomic E-state index is 12.6. The molecule has 1 aliphatic heterocycles. The van der Waals surface area contributed by atoms with Gasteiger partial charge in [0.25, 0.3) is 6.43 Å². The standard InChI is InChI=1S/C14H20F2N2O/c1-19-13-8-11(14(15)16)2-3-12(13)18-9-10-4-6-17-7-5-10/h2-3,8,10,14,17-18H,4-7,9H2,1H3. The second kappa shape index (κ2) is 6.70. The molecule has 1 aromatic rings. The number of hydrogen-bond donors (Lipinski definition) is 2. The van der Waals surface area contributed by atoms with E-state index in [1.165, 1.54) is 19.2 Å². The summed E-state index contributed by atoms with van der Waals surface area (Å²) in [6.45, 7) is 2.95. The number of nitrogens with one attached hydrogen (secondary N) is 2. The molecule has 19 heavy (non-hydrogen) atoms. The first-order valence-corrected chi connectivity index (χ1v) is 6.61. The van der Waals surface area contributed by atoms with Crippen LogP contribution in [0.25, 0.3) is 0 Å². The van der Waals surface area contributed by atoms with Gasteiger partial charge < -0.3 is 15.4 Å². The summed E-state index contributed by atoms with van der Waals surface area (Å²) >= 11 is 0. The first kappa shape index (κ1) is 14.1. The van der Waals surface area contributed by atoms with Crippen LogP contribution in [0.3, 0.4) is 0 Å². The molecule has 1 aromatic carbocycles. The highest BCUT2D eigenvalue weighted by Crippen LogP contribution is 2.30. The Kier molecular flexibility index (Phi) is 4.96. The predicted molar refractivity (Wildman–Crippen MR) is 72.0 cm³/mol. The van der Waals surface area contributed by atoms with Crippen LogP contribution in [0.1, 0.15) is 24.8 Å². The molecule has 0 amide bonds. The van der Waals surface area contributed by atoms with E-state index in [1.807, 2.05) is 0 Å². The minimum Gasteiger partial charge on any atom is -0.495 e. The first-order valence-electron chi connectivity index (χ1n) is 6.61. The molecule has 1 aliphatic rings. The zero-order valence-corrected chi connectivity index (χ0v) is 11.1. The zero-order valence-electron chi connectivity index (χ0n) is 11.1. The van der Waals surface area contributed by atoms with Crippen LogP contribution in [-0.2, 0) is 0 Å². The summed E-state index contributed by atoms with van der Waals surface area (Å²) in [7, 11) is 1.50. The largest absolute Gasteiger partial charge is 0.495 e. The Morgan fingerprint density at radius 3 is 2.74 bits per heavy atom. The van der Waals surface area contributed by atoms with Crippen LogP contribution >= 0.6 is 0 Å². The third kappa shape index (κ3) is 3.80. The minimum atomic E-state index is -2.47. The fourth-order valence-corrected chi connectivity index (χ4v) is 2.33. The van der Waals surface area contributed by atoms with Crippen molar-refractivity contribution in [2.24, 2.45) is 5.92 Å². The van der Waals surface area contributed by atoms with Crippen LogP contribution in [-0.4, -0.2) is 26.7 Å². The molecule has 0 aromatic heterocycles. The van der Waals surface area contributed by atoms with Gasteiger partial charge in [-0.1, -0.05) is 6.07 Å². The minimum absolute atomic E-state index is 0.00994. The molecule has 2 N–H and O–H groups in total. The number of halogens is 2. The lowest BCUT2D eigenvalue weighted by molar-refractivity contribution is 0.151. The van der Waals surface area contributed by atoms with E-state index in [0.29, 0.717) is 11.7 Å². The maximum atomic E-state index is 12.6. The average molecular weight is 270 g/mol. The SMILES string of the molecule is COc1cc(C(F)F)ccc1NCC1CCNCC1. The van der Waals surface area contributed by atoms with Gasteiger partial charge in [0, 0.05) is 12.1 Å². The summed E-state index contributed by atoms with van der Waals surface area (Å²) in [4.78, 5) is 0. The maximum Gasteiger partial charge on any atom is 0.263 e. The molecule has 1 fully saturated rings. The van der Waals surface area contributed by atoms with Crippen molar-refractivity contribution in [3.05, 3.63) is 23.8 Å². The van der Waals surface area contributed by atoms with Crippen molar-refractivity contribution < 1.29 is 13.5 Å². The van der Waals surface area contributed by atoms with Gasteiger partial charge in [-0.3, -0.25) is 0 Å². The fraction of sp³-hybridized carbons (Fsp3) is 0.571. The van der Waals surface area contributed by atoms with Gasteiger partial charge in [0.2, 0.25) is 0 Å². The summed E-state index contributed by atoms with van der Waals surface area (Å²) in [6, 6.07) is 4.51. The van der Waals surface area contributed by atoms with Crippen molar-refractivity contribution in [2.45, 2.75) is 19.3 Å². The van der Waals surface area contributed by atoms with Gasteiger partial charge in [-0.25, -0.2) is 8.78 Å².